The highest BCUT2D eigenvalue weighted by molar-refractivity contribution is 6.92. The van der Waals surface area contributed by atoms with Crippen molar-refractivity contribution in [2.24, 2.45) is 0 Å². The summed E-state index contributed by atoms with van der Waals surface area (Å²) < 4.78 is 0. The molecule has 2 heteroatoms. The molecule has 0 bridgehead atoms. The number of rotatable bonds is 0. The molecule has 0 saturated carbocycles. The van der Waals surface area contributed by atoms with Crippen molar-refractivity contribution < 1.29 is 0 Å². The molecule has 0 N–H and O–H groups in total. The van der Waals surface area contributed by atoms with Crippen LogP contribution in [0.1, 0.15) is 0 Å². The first-order valence-electron chi connectivity index (χ1n) is 1.000. The molecule has 0 amide bonds. The summed E-state index contributed by atoms with van der Waals surface area (Å²) in [6.07, 6.45) is 0. The van der Waals surface area contributed by atoms with Gasteiger partial charge in [-0.1, -0.05) is 0 Å². The molecule has 40 valence electrons. The standard InChI is InChI=1S/2C2H4.2H3P/c2*1-2;;/h2*1-2H2;2*1H3. The van der Waals surface area contributed by atoms with E-state index in [0.29, 0.717) is 0 Å². The van der Waals surface area contributed by atoms with E-state index in [1.807, 2.05) is 0 Å². The Labute approximate surface area is 47.0 Å². The van der Waals surface area contributed by atoms with Crippen LogP contribution in [0.5, 0.6) is 0 Å². The summed E-state index contributed by atoms with van der Waals surface area (Å²) in [5.74, 6) is 0. The van der Waals surface area contributed by atoms with Gasteiger partial charge in [0.05, 0.1) is 0 Å². The van der Waals surface area contributed by atoms with Crippen molar-refractivity contribution >= 4 is 19.8 Å². The molecule has 0 aliphatic rings. The number of hydrogen-bond acceptors (Lipinski definition) is 0. The Morgan fingerprint density at radius 1 is 0.500 bits per heavy atom. The van der Waals surface area contributed by atoms with Crippen LogP contribution < -0.4 is 0 Å². The molecule has 0 rings (SSSR count). The third-order valence-electron chi connectivity index (χ3n) is 0. The van der Waals surface area contributed by atoms with Crippen molar-refractivity contribution in [1.82, 2.24) is 0 Å². The molecule has 0 fully saturated rings. The Morgan fingerprint density at radius 3 is 0.500 bits per heavy atom. The molecule has 0 saturated heterocycles. The maximum absolute atomic E-state index is 3.00. The zero-order valence-corrected chi connectivity index (χ0v) is 7.07. The summed E-state index contributed by atoms with van der Waals surface area (Å²) in [7, 11) is 0. The summed E-state index contributed by atoms with van der Waals surface area (Å²) >= 11 is 0. The highest BCUT2D eigenvalue weighted by Gasteiger charge is 0.603. The van der Waals surface area contributed by atoms with E-state index in [9.17, 15) is 0 Å². The normalized spacial score (nSPS) is 1.33. The van der Waals surface area contributed by atoms with Crippen molar-refractivity contribution in [2.75, 3.05) is 0 Å². The lowest BCUT2D eigenvalue weighted by Crippen LogP contribution is -0.552. The maximum atomic E-state index is 3.00. The fourth-order valence-electron chi connectivity index (χ4n) is 0. The van der Waals surface area contributed by atoms with Gasteiger partial charge in [0.25, 0.3) is 0 Å². The van der Waals surface area contributed by atoms with Gasteiger partial charge in [-0.25, -0.2) is 0 Å². The van der Waals surface area contributed by atoms with Crippen LogP contribution in [0.3, 0.4) is 0 Å². The van der Waals surface area contributed by atoms with Crippen LogP contribution in [0.25, 0.3) is 0 Å². The van der Waals surface area contributed by atoms with E-state index >= 15 is 0 Å². The third-order valence-corrected chi connectivity index (χ3v) is 0. The topological polar surface area (TPSA) is 0 Å². The van der Waals surface area contributed by atoms with Crippen LogP contribution in [-0.4, -0.2) is 0 Å². The van der Waals surface area contributed by atoms with Crippen molar-refractivity contribution in [2.45, 2.75) is 0 Å². The van der Waals surface area contributed by atoms with E-state index in [4.69, 9.17) is 0 Å². The summed E-state index contributed by atoms with van der Waals surface area (Å²) in [4.78, 5) is 0. The molecule has 0 aliphatic heterocycles. The van der Waals surface area contributed by atoms with Gasteiger partial charge >= 0.3 is 0 Å². The Hall–Kier alpha value is 0.340. The molecular formula is C4H14P2. The van der Waals surface area contributed by atoms with Crippen LogP contribution in [0.2, 0.25) is 0 Å². The predicted molar refractivity (Wildman–Crippen MR) is 44.7 cm³/mol. The van der Waals surface area contributed by atoms with Gasteiger partial charge in [0.2, 0.25) is 0 Å². The van der Waals surface area contributed by atoms with Crippen LogP contribution in [0.15, 0.2) is 26.3 Å². The van der Waals surface area contributed by atoms with Crippen molar-refractivity contribution in [3.8, 4) is 0 Å². The Balaban J connectivity index is -0.00000000500. The van der Waals surface area contributed by atoms with Crippen LogP contribution in [0, 0.1) is 0 Å². The molecule has 2 atom stereocenters. The Kier molecular flexibility index (Phi) is 4790. The Bertz CT molecular complexity index is 7.51. The van der Waals surface area contributed by atoms with E-state index in [2.05, 4.69) is 26.3 Å². The summed E-state index contributed by atoms with van der Waals surface area (Å²) in [5.41, 5.74) is 0. The molecule has 6 heavy (non-hydrogen) atoms. The quantitative estimate of drug-likeness (QED) is 0.340. The van der Waals surface area contributed by atoms with Crippen LogP contribution >= 0.6 is 19.8 Å². The zero-order valence-electron chi connectivity index (χ0n) is 4.24. The summed E-state index contributed by atoms with van der Waals surface area (Å²) in [6.45, 7) is 12.0. The first kappa shape index (κ1) is 33.0. The minimum absolute atomic E-state index is 0. The summed E-state index contributed by atoms with van der Waals surface area (Å²) in [6, 6.07) is 0. The minimum atomic E-state index is 0. The van der Waals surface area contributed by atoms with Gasteiger partial charge in [0, 0.05) is 0 Å². The van der Waals surface area contributed by atoms with E-state index in [1.165, 1.54) is 0 Å². The zero-order chi connectivity index (χ0) is 4.00. The molecule has 0 heterocycles. The molecule has 0 aliphatic carbocycles. The van der Waals surface area contributed by atoms with Gasteiger partial charge in [-0.2, -0.15) is 19.8 Å². The number of hydrogen-bond donors (Lipinski definition) is 0. The lowest BCUT2D eigenvalue weighted by Gasteiger charge is -0.813. The molecule has 0 aromatic carbocycles. The Morgan fingerprint density at radius 2 is 0.500 bits per heavy atom. The molecule has 0 aromatic rings. The first-order chi connectivity index (χ1) is 2.00. The minimum Gasteiger partial charge on any atom is -0.153 e. The van der Waals surface area contributed by atoms with E-state index in [0.717, 1.165) is 0 Å². The maximum Gasteiger partial charge on any atom is -0.106 e. The van der Waals surface area contributed by atoms with Gasteiger partial charge in [0.15, 0.2) is 0 Å². The SMILES string of the molecule is C=C.C=C.P.P. The lowest BCUT2D eigenvalue weighted by molar-refractivity contribution is 2.81. The monoisotopic (exact) mass is 124 g/mol. The fraction of sp³-hybridized carbons (Fsp3) is 0. The predicted octanol–water partition coefficient (Wildman–Crippen LogP) is 1.72. The highest BCUT2D eigenvalue weighted by atomic mass is 31.0. The van der Waals surface area contributed by atoms with Gasteiger partial charge in [-0.15, -0.1) is 26.3 Å². The second-order valence-electron chi connectivity index (χ2n) is 0. The molecule has 2 unspecified atom stereocenters. The van der Waals surface area contributed by atoms with Gasteiger partial charge < -0.3 is 0 Å². The molecular weight excluding hydrogens is 110 g/mol. The van der Waals surface area contributed by atoms with Gasteiger partial charge in [0.1, 0.15) is 0 Å². The van der Waals surface area contributed by atoms with Gasteiger partial charge in [-0.05, 0) is 0 Å². The van der Waals surface area contributed by atoms with Gasteiger partial charge in [-0.3, -0.25) is 0 Å². The molecule has 0 aromatic heterocycles. The smallest absolute Gasteiger partial charge is 0.106 e. The molecule has 0 radical (unpaired) electrons. The van der Waals surface area contributed by atoms with Crippen molar-refractivity contribution in [3.63, 3.8) is 0 Å². The van der Waals surface area contributed by atoms with E-state index < -0.39 is 0 Å². The highest BCUT2D eigenvalue weighted by Crippen LogP contribution is 0.866. The lowest BCUT2D eigenvalue weighted by atomic mass is 11.3. The van der Waals surface area contributed by atoms with Crippen LogP contribution in [-0.2, 0) is 0 Å². The molecule has 0 nitrogen and oxygen atoms in total. The van der Waals surface area contributed by atoms with Crippen molar-refractivity contribution in [1.29, 1.82) is 0 Å². The second kappa shape index (κ2) is 870. The van der Waals surface area contributed by atoms with E-state index in [-0.39, 0.29) is 19.8 Å². The molecule has 0 spiro atoms. The van der Waals surface area contributed by atoms with Crippen molar-refractivity contribution in [3.05, 3.63) is 26.3 Å². The fourth-order valence-corrected chi connectivity index (χ4v) is 0. The first-order valence-corrected chi connectivity index (χ1v) is 1.000. The summed E-state index contributed by atoms with van der Waals surface area (Å²) in [5, 5.41) is 0. The second-order valence-corrected chi connectivity index (χ2v) is 0. The average Bonchev–Trinajstić information content (AvgIpc) is 1.50. The third kappa shape index (κ3) is 419. The largest absolute Gasteiger partial charge is 0.153 e. The average molecular weight is 124 g/mol. The van der Waals surface area contributed by atoms with E-state index in [1.54, 1.807) is 0 Å². The van der Waals surface area contributed by atoms with Crippen LogP contribution in [0.4, 0.5) is 0 Å².